The van der Waals surface area contributed by atoms with Gasteiger partial charge < -0.3 is 28.4 Å². The van der Waals surface area contributed by atoms with Crippen molar-refractivity contribution in [2.24, 2.45) is 0 Å². The van der Waals surface area contributed by atoms with Crippen LogP contribution in [0.2, 0.25) is 0 Å². The van der Waals surface area contributed by atoms with Gasteiger partial charge in [-0.15, -0.1) is 10.2 Å². The Hall–Kier alpha value is -5.68. The third kappa shape index (κ3) is 6.54. The largest absolute Gasteiger partial charge is 0.464 e. The lowest BCUT2D eigenvalue weighted by Crippen LogP contribution is -2.19. The molecule has 18 heteroatoms. The maximum Gasteiger partial charge on any atom is 0.361 e. The van der Waals surface area contributed by atoms with Crippen molar-refractivity contribution < 1.29 is 57.2 Å². The van der Waals surface area contributed by atoms with Crippen molar-refractivity contribution in [3.63, 3.8) is 0 Å². The molecule has 1 aromatic carbocycles. The number of carbonyl (C=O) groups is 6. The molecule has 0 N–H and O–H groups in total. The van der Waals surface area contributed by atoms with Crippen LogP contribution >= 0.6 is 0 Å². The highest BCUT2D eigenvalue weighted by Crippen LogP contribution is 2.32. The number of esters is 6. The van der Waals surface area contributed by atoms with E-state index >= 15 is 0 Å². The lowest BCUT2D eigenvalue weighted by Gasteiger charge is -2.16. The van der Waals surface area contributed by atoms with Gasteiger partial charge in [-0.05, 0) is 12.1 Å². The number of ether oxygens (including phenoxy) is 6. The number of aromatic nitrogens is 6. The van der Waals surface area contributed by atoms with Crippen molar-refractivity contribution in [2.75, 3.05) is 28.4 Å². The minimum Gasteiger partial charge on any atom is -0.464 e. The van der Waals surface area contributed by atoms with Crippen molar-refractivity contribution in [2.45, 2.75) is 26.9 Å². The van der Waals surface area contributed by atoms with Gasteiger partial charge in [-0.2, -0.15) is 0 Å². The predicted molar refractivity (Wildman–Crippen MR) is 133 cm³/mol. The van der Waals surface area contributed by atoms with Crippen molar-refractivity contribution in [3.8, 4) is 11.5 Å². The molecule has 42 heavy (non-hydrogen) atoms. The number of nitrogens with zero attached hydrogens (tertiary/aromatic N) is 6. The molecule has 0 aliphatic heterocycles. The summed E-state index contributed by atoms with van der Waals surface area (Å²) in [5.41, 5.74) is -1.32. The molecule has 0 spiro atoms. The van der Waals surface area contributed by atoms with E-state index in [4.69, 9.17) is 18.9 Å². The maximum atomic E-state index is 12.5. The molecule has 0 aliphatic carbocycles. The molecule has 0 saturated heterocycles. The highest BCUT2D eigenvalue weighted by atomic mass is 16.5. The zero-order valence-corrected chi connectivity index (χ0v) is 23.2. The number of benzene rings is 1. The summed E-state index contributed by atoms with van der Waals surface area (Å²) in [6.45, 7) is 1.58. The van der Waals surface area contributed by atoms with Gasteiger partial charge in [-0.3, -0.25) is 9.59 Å². The molecular weight excluding hydrogens is 564 g/mol. The van der Waals surface area contributed by atoms with Crippen molar-refractivity contribution in [1.82, 2.24) is 30.0 Å². The predicted octanol–water partition coefficient (Wildman–Crippen LogP) is -0.0368. The molecule has 3 rings (SSSR count). The van der Waals surface area contributed by atoms with Crippen LogP contribution in [0.25, 0.3) is 0 Å². The first-order chi connectivity index (χ1) is 19.9. The minimum atomic E-state index is -0.964. The van der Waals surface area contributed by atoms with Crippen LogP contribution in [0.4, 0.5) is 0 Å². The molecule has 0 radical (unpaired) electrons. The molecule has 0 aliphatic rings. The summed E-state index contributed by atoms with van der Waals surface area (Å²) >= 11 is 0. The SMILES string of the molecule is COC(=O)c1nnn(Cc2cc(OC(C)=O)c(Cn3nnc(C(=O)OC)c3C(=O)OC)cc2OC(C)=O)c1C(=O)OC. The second kappa shape index (κ2) is 13.1. The Morgan fingerprint density at radius 2 is 0.929 bits per heavy atom. The molecule has 0 atom stereocenters. The zero-order valence-electron chi connectivity index (χ0n) is 23.2. The van der Waals surface area contributed by atoms with Gasteiger partial charge in [0.1, 0.15) is 11.5 Å². The van der Waals surface area contributed by atoms with Crippen LogP contribution in [-0.4, -0.2) is 94.2 Å². The molecule has 0 bridgehead atoms. The second-order valence-corrected chi connectivity index (χ2v) is 8.11. The van der Waals surface area contributed by atoms with Crippen molar-refractivity contribution in [3.05, 3.63) is 46.0 Å². The highest BCUT2D eigenvalue weighted by Gasteiger charge is 2.30. The summed E-state index contributed by atoms with van der Waals surface area (Å²) < 4.78 is 31.5. The van der Waals surface area contributed by atoms with Crippen LogP contribution in [0.3, 0.4) is 0 Å². The first-order valence-corrected chi connectivity index (χ1v) is 11.7. The normalized spacial score (nSPS) is 10.4. The zero-order chi connectivity index (χ0) is 31.1. The summed E-state index contributed by atoms with van der Waals surface area (Å²) in [5.74, 6) is -5.51. The topological polar surface area (TPSA) is 219 Å². The molecule has 3 aromatic rings. The van der Waals surface area contributed by atoms with E-state index in [9.17, 15) is 28.8 Å². The van der Waals surface area contributed by atoms with Gasteiger partial charge >= 0.3 is 35.8 Å². The van der Waals surface area contributed by atoms with E-state index in [2.05, 4.69) is 30.1 Å². The highest BCUT2D eigenvalue weighted by molar-refractivity contribution is 6.01. The van der Waals surface area contributed by atoms with Crippen molar-refractivity contribution >= 4 is 35.8 Å². The second-order valence-electron chi connectivity index (χ2n) is 8.11. The smallest absolute Gasteiger partial charge is 0.361 e. The van der Waals surface area contributed by atoms with E-state index in [1.165, 1.54) is 12.1 Å². The molecule has 222 valence electrons. The molecule has 0 saturated carbocycles. The van der Waals surface area contributed by atoms with Crippen LogP contribution in [0.1, 0.15) is 66.9 Å². The van der Waals surface area contributed by atoms with Gasteiger partial charge in [-0.25, -0.2) is 28.5 Å². The number of hydrogen-bond acceptors (Lipinski definition) is 16. The monoisotopic (exact) mass is 588 g/mol. The van der Waals surface area contributed by atoms with Gasteiger partial charge in [-0.1, -0.05) is 10.4 Å². The molecule has 2 aromatic heterocycles. The van der Waals surface area contributed by atoms with E-state index in [1.807, 2.05) is 0 Å². The Labute approximate surface area is 236 Å². The molecule has 18 nitrogen and oxygen atoms in total. The molecular formula is C24H24N6O12. The summed E-state index contributed by atoms with van der Waals surface area (Å²) in [4.78, 5) is 73.2. The van der Waals surface area contributed by atoms with Crippen molar-refractivity contribution in [1.29, 1.82) is 0 Å². The third-order valence-corrected chi connectivity index (χ3v) is 5.38. The Bertz CT molecular complexity index is 1460. The first kappa shape index (κ1) is 30.9. The fourth-order valence-corrected chi connectivity index (χ4v) is 3.63. The number of rotatable bonds is 10. The number of methoxy groups -OCH3 is 4. The van der Waals surface area contributed by atoms with E-state index in [0.717, 1.165) is 51.7 Å². The Balaban J connectivity index is 2.19. The van der Waals surface area contributed by atoms with Crippen LogP contribution in [-0.2, 0) is 41.6 Å². The molecule has 0 fully saturated rings. The van der Waals surface area contributed by atoms with E-state index in [0.29, 0.717) is 0 Å². The standard InChI is InChI=1S/C24H24N6O12/c1-11(31)41-15-7-14(10-30-20(24(36)40-6)18(26-28-30)22(34)38-4)16(42-12(2)32)8-13(15)9-29-19(23(35)39-5)17(25-27-29)21(33)37-3/h7-8H,9-10H2,1-6H3. The van der Waals surface area contributed by atoms with Gasteiger partial charge in [0.25, 0.3) is 0 Å². The van der Waals surface area contributed by atoms with Crippen LogP contribution in [0, 0.1) is 0 Å². The summed E-state index contributed by atoms with van der Waals surface area (Å²) in [5, 5.41) is 15.0. The molecule has 0 amide bonds. The third-order valence-electron chi connectivity index (χ3n) is 5.38. The minimum absolute atomic E-state index is 0.0905. The lowest BCUT2D eigenvalue weighted by molar-refractivity contribution is -0.133. The van der Waals surface area contributed by atoms with E-state index < -0.39 is 47.2 Å². The van der Waals surface area contributed by atoms with Crippen LogP contribution in [0.5, 0.6) is 11.5 Å². The van der Waals surface area contributed by atoms with Crippen LogP contribution < -0.4 is 9.47 Å². The average molecular weight is 588 g/mol. The molecule has 0 unspecified atom stereocenters. The first-order valence-electron chi connectivity index (χ1n) is 11.7. The Kier molecular flexibility index (Phi) is 9.64. The lowest BCUT2D eigenvalue weighted by atomic mass is 10.1. The van der Waals surface area contributed by atoms with E-state index in [1.54, 1.807) is 0 Å². The molecule has 2 heterocycles. The Morgan fingerprint density at radius 3 is 1.21 bits per heavy atom. The summed E-state index contributed by atoms with van der Waals surface area (Å²) in [7, 11) is 4.33. The number of hydrogen-bond donors (Lipinski definition) is 0. The number of carbonyl (C=O) groups excluding carboxylic acids is 6. The Morgan fingerprint density at radius 1 is 0.595 bits per heavy atom. The van der Waals surface area contributed by atoms with Gasteiger partial charge in [0, 0.05) is 25.0 Å². The fraction of sp³-hybridized carbons (Fsp3) is 0.333. The fourth-order valence-electron chi connectivity index (χ4n) is 3.63. The average Bonchev–Trinajstić information content (AvgIpc) is 3.57. The van der Waals surface area contributed by atoms with Gasteiger partial charge in [0.05, 0.1) is 41.5 Å². The van der Waals surface area contributed by atoms with E-state index in [-0.39, 0.29) is 47.1 Å². The summed E-state index contributed by atoms with van der Waals surface area (Å²) in [6, 6.07) is 2.59. The quantitative estimate of drug-likeness (QED) is 0.172. The van der Waals surface area contributed by atoms with Gasteiger partial charge in [0.15, 0.2) is 11.4 Å². The maximum absolute atomic E-state index is 12.5. The summed E-state index contributed by atoms with van der Waals surface area (Å²) in [6.07, 6.45) is 0. The van der Waals surface area contributed by atoms with Gasteiger partial charge in [0.2, 0.25) is 11.4 Å². The van der Waals surface area contributed by atoms with Crippen LogP contribution in [0.15, 0.2) is 12.1 Å².